The van der Waals surface area contributed by atoms with Crippen molar-refractivity contribution in [1.82, 2.24) is 0 Å². The standard InChI is InChI=1S/2C2H4O2.2BF4.2Zn/c2*1-2(3)4;2*2-1(3,4)5;;/h2*1H3,(H,3,4);;;;/q;;2*-1;2*+2/p-2. The molecule has 0 N–H and O–H groups in total. The van der Waals surface area contributed by atoms with Crippen molar-refractivity contribution in [1.29, 1.82) is 0 Å². The summed E-state index contributed by atoms with van der Waals surface area (Å²) in [6, 6.07) is 0. The van der Waals surface area contributed by atoms with Gasteiger partial charge in [-0.15, -0.1) is 0 Å². The number of halogens is 8. The van der Waals surface area contributed by atoms with E-state index >= 15 is 0 Å². The zero-order valence-corrected chi connectivity index (χ0v) is 16.2. The maximum absolute atomic E-state index is 9.75. The molecule has 0 bridgehead atoms. The maximum atomic E-state index is 9.75. The van der Waals surface area contributed by atoms with Crippen LogP contribution in [0.5, 0.6) is 0 Å². The number of rotatable bonds is 0. The predicted molar refractivity (Wildman–Crippen MR) is 41.7 cm³/mol. The summed E-state index contributed by atoms with van der Waals surface area (Å²) in [6.07, 6.45) is 0. The molecular formula is C4H6B2F8O4Zn2. The molecule has 0 aromatic heterocycles. The van der Waals surface area contributed by atoms with Gasteiger partial charge < -0.3 is 54.3 Å². The fourth-order valence-electron chi connectivity index (χ4n) is 0. The summed E-state index contributed by atoms with van der Waals surface area (Å²) in [5.74, 6) is -2.17. The minimum absolute atomic E-state index is 0. The first-order valence-electron chi connectivity index (χ1n) is 3.56. The Balaban J connectivity index is -0.0000000318. The van der Waals surface area contributed by atoms with Crippen LogP contribution in [0.4, 0.5) is 34.5 Å². The van der Waals surface area contributed by atoms with E-state index in [9.17, 15) is 34.5 Å². The van der Waals surface area contributed by atoms with E-state index in [0.29, 0.717) is 0 Å². The molecule has 16 heteroatoms. The molecule has 0 fully saturated rings. The summed E-state index contributed by atoms with van der Waals surface area (Å²) in [6.45, 7) is 1.94. The Kier molecular flexibility index (Phi) is 34.4. The van der Waals surface area contributed by atoms with Crippen molar-refractivity contribution < 1.29 is 93.3 Å². The van der Waals surface area contributed by atoms with Gasteiger partial charge >= 0.3 is 53.5 Å². The average molecular weight is 422 g/mol. The van der Waals surface area contributed by atoms with Crippen LogP contribution in [0.25, 0.3) is 0 Å². The van der Waals surface area contributed by atoms with Gasteiger partial charge in [-0.3, -0.25) is 0 Å². The van der Waals surface area contributed by atoms with Gasteiger partial charge in [0.15, 0.2) is 0 Å². The molecule has 0 radical (unpaired) electrons. The van der Waals surface area contributed by atoms with Crippen molar-refractivity contribution in [2.75, 3.05) is 0 Å². The Morgan fingerprint density at radius 2 is 0.650 bits per heavy atom. The molecule has 0 aliphatic rings. The van der Waals surface area contributed by atoms with E-state index in [1.54, 1.807) is 0 Å². The number of hydrogen-bond acceptors (Lipinski definition) is 4. The van der Waals surface area contributed by atoms with Gasteiger partial charge in [-0.1, -0.05) is 0 Å². The number of hydrogen-bond donors (Lipinski definition) is 0. The molecule has 0 spiro atoms. The molecule has 0 rings (SSSR count). The quantitative estimate of drug-likeness (QED) is 0.410. The van der Waals surface area contributed by atoms with Crippen LogP contribution in [-0.4, -0.2) is 26.4 Å². The Labute approximate surface area is 134 Å². The second-order valence-corrected chi connectivity index (χ2v) is 1.97. The van der Waals surface area contributed by atoms with Gasteiger partial charge in [0, 0.05) is 11.9 Å². The van der Waals surface area contributed by atoms with E-state index < -0.39 is 26.4 Å². The molecule has 0 heterocycles. The summed E-state index contributed by atoms with van der Waals surface area (Å²) in [5.41, 5.74) is 0. The molecule has 0 aromatic carbocycles. The molecule has 0 atom stereocenters. The van der Waals surface area contributed by atoms with Crippen LogP contribution >= 0.6 is 0 Å². The van der Waals surface area contributed by atoms with Crippen LogP contribution in [0, 0.1) is 0 Å². The van der Waals surface area contributed by atoms with Crippen molar-refractivity contribution in [3.63, 3.8) is 0 Å². The van der Waals surface area contributed by atoms with Crippen molar-refractivity contribution in [2.45, 2.75) is 13.8 Å². The van der Waals surface area contributed by atoms with E-state index in [1.165, 1.54) is 0 Å². The third-order valence-electron chi connectivity index (χ3n) is 0. The number of carbonyl (C=O) groups is 2. The molecule has 0 saturated carbocycles. The average Bonchev–Trinajstić information content (AvgIpc) is 1.70. The van der Waals surface area contributed by atoms with Gasteiger partial charge in [0.2, 0.25) is 0 Å². The third kappa shape index (κ3) is 84200. The molecule has 0 aromatic rings. The Morgan fingerprint density at radius 3 is 0.650 bits per heavy atom. The van der Waals surface area contributed by atoms with E-state index in [4.69, 9.17) is 19.8 Å². The molecule has 112 valence electrons. The molecular weight excluding hydrogens is 416 g/mol. The van der Waals surface area contributed by atoms with Gasteiger partial charge in [0.25, 0.3) is 0 Å². The zero-order valence-electron chi connectivity index (χ0n) is 10.2. The van der Waals surface area contributed by atoms with Crippen LogP contribution in [-0.2, 0) is 48.5 Å². The molecule has 0 aliphatic carbocycles. The molecule has 0 amide bonds. The fourth-order valence-corrected chi connectivity index (χ4v) is 0. The van der Waals surface area contributed by atoms with Crippen LogP contribution < -0.4 is 10.2 Å². The summed E-state index contributed by atoms with van der Waals surface area (Å²) in [4.78, 5) is 17.8. The Bertz CT molecular complexity index is 191. The zero-order chi connectivity index (χ0) is 16.2. The van der Waals surface area contributed by atoms with Gasteiger partial charge in [-0.05, 0) is 13.8 Å². The minimum atomic E-state index is -6.00. The van der Waals surface area contributed by atoms with Crippen molar-refractivity contribution in [3.05, 3.63) is 0 Å². The first-order chi connectivity index (χ1) is 7.46. The SMILES string of the molecule is CC(=O)[O-].CC(=O)[O-].F[B-](F)(F)F.F[B-](F)(F)F.[Zn+2].[Zn+2]. The van der Waals surface area contributed by atoms with Gasteiger partial charge in [0.05, 0.1) is 0 Å². The normalized spacial score (nSPS) is 8.50. The monoisotopic (exact) mass is 420 g/mol. The van der Waals surface area contributed by atoms with Crippen LogP contribution in [0.15, 0.2) is 0 Å². The number of aliphatic carboxylic acids is 2. The Hall–Kier alpha value is -0.243. The summed E-state index contributed by atoms with van der Waals surface area (Å²) < 4.78 is 78.0. The maximum Gasteiger partial charge on any atom is 2.00 e. The van der Waals surface area contributed by atoms with E-state index in [-0.39, 0.29) is 39.0 Å². The second kappa shape index (κ2) is 18.8. The van der Waals surface area contributed by atoms with E-state index in [2.05, 4.69) is 0 Å². The molecule has 0 aliphatic heterocycles. The van der Waals surface area contributed by atoms with Crippen molar-refractivity contribution >= 4 is 26.4 Å². The first-order valence-corrected chi connectivity index (χ1v) is 3.56. The van der Waals surface area contributed by atoms with Crippen LogP contribution in [0.2, 0.25) is 0 Å². The molecule has 0 saturated heterocycles. The summed E-state index contributed by atoms with van der Waals surface area (Å²) in [5, 5.41) is 17.8. The first kappa shape index (κ1) is 36.7. The Morgan fingerprint density at radius 1 is 0.650 bits per heavy atom. The minimum Gasteiger partial charge on any atom is -0.550 e. The second-order valence-electron chi connectivity index (χ2n) is 1.97. The van der Waals surface area contributed by atoms with E-state index in [0.717, 1.165) is 13.8 Å². The molecule has 0 unspecified atom stereocenters. The van der Waals surface area contributed by atoms with Crippen LogP contribution in [0.1, 0.15) is 13.8 Å². The van der Waals surface area contributed by atoms with Crippen molar-refractivity contribution in [2.24, 2.45) is 0 Å². The molecule has 20 heavy (non-hydrogen) atoms. The molecule has 4 nitrogen and oxygen atoms in total. The van der Waals surface area contributed by atoms with Crippen LogP contribution in [0.3, 0.4) is 0 Å². The number of carboxylic acids is 2. The van der Waals surface area contributed by atoms with Gasteiger partial charge in [-0.2, -0.15) is 0 Å². The van der Waals surface area contributed by atoms with Gasteiger partial charge in [0.1, 0.15) is 0 Å². The largest absolute Gasteiger partial charge is 2.00 e. The van der Waals surface area contributed by atoms with E-state index in [1.807, 2.05) is 0 Å². The summed E-state index contributed by atoms with van der Waals surface area (Å²) >= 11 is 0. The third-order valence-corrected chi connectivity index (χ3v) is 0. The number of carboxylic acid groups (broad SMARTS) is 2. The van der Waals surface area contributed by atoms with Crippen molar-refractivity contribution in [3.8, 4) is 0 Å². The number of carbonyl (C=O) groups excluding carboxylic acids is 2. The smallest absolute Gasteiger partial charge is 0.550 e. The van der Waals surface area contributed by atoms with Gasteiger partial charge in [-0.25, -0.2) is 0 Å². The topological polar surface area (TPSA) is 80.3 Å². The fraction of sp³-hybridized carbons (Fsp3) is 0.500. The summed E-state index contributed by atoms with van der Waals surface area (Å²) in [7, 11) is -12.0. The predicted octanol–water partition coefficient (Wildman–Crippen LogP) is 0.107.